The van der Waals surface area contributed by atoms with E-state index >= 15 is 0 Å². The second-order valence-electron chi connectivity index (χ2n) is 7.06. The molecule has 0 atom stereocenters. The summed E-state index contributed by atoms with van der Waals surface area (Å²) in [5.41, 5.74) is 2.55. The molecule has 1 heterocycles. The van der Waals surface area contributed by atoms with Gasteiger partial charge >= 0.3 is 0 Å². The van der Waals surface area contributed by atoms with Crippen molar-refractivity contribution >= 4 is 43.2 Å². The van der Waals surface area contributed by atoms with E-state index in [2.05, 4.69) is 15.6 Å². The van der Waals surface area contributed by atoms with Crippen molar-refractivity contribution in [3.05, 3.63) is 88.7 Å². The molecule has 0 radical (unpaired) electrons. The van der Waals surface area contributed by atoms with Crippen LogP contribution in [-0.2, 0) is 16.6 Å². The molecule has 4 aromatic rings. The molecule has 32 heavy (non-hydrogen) atoms. The lowest BCUT2D eigenvalue weighted by Crippen LogP contribution is -2.17. The maximum absolute atomic E-state index is 12.9. The van der Waals surface area contributed by atoms with E-state index in [1.807, 2.05) is 29.7 Å². The molecule has 0 aliphatic heterocycles. The fraction of sp³-hybridized carbons (Fsp3) is 0.0833. The third-order valence-electron chi connectivity index (χ3n) is 4.70. The first kappa shape index (κ1) is 21.6. The molecule has 1 aromatic heterocycles. The van der Waals surface area contributed by atoms with Crippen molar-refractivity contribution in [2.45, 2.75) is 18.4 Å². The number of sulfonamides is 1. The summed E-state index contributed by atoms with van der Waals surface area (Å²) in [5.74, 6) is 2.12. The average molecular weight is 462 g/mol. The van der Waals surface area contributed by atoms with Crippen LogP contribution in [0, 0.1) is 19.3 Å². The number of nitrogens with zero attached hydrogens (tertiary/aromatic N) is 2. The number of nitrogens with one attached hydrogen (secondary N) is 1. The van der Waals surface area contributed by atoms with Gasteiger partial charge in [0.2, 0.25) is 0 Å². The number of aromatic nitrogens is 1. The van der Waals surface area contributed by atoms with Crippen LogP contribution in [0.4, 0.5) is 5.69 Å². The Morgan fingerprint density at radius 1 is 1.09 bits per heavy atom. The molecule has 8 heteroatoms. The monoisotopic (exact) mass is 461 g/mol. The molecule has 6 nitrogen and oxygen atoms in total. The summed E-state index contributed by atoms with van der Waals surface area (Å²) in [5, 5.41) is 0. The number of amides is 1. The van der Waals surface area contributed by atoms with E-state index in [0.29, 0.717) is 4.80 Å². The van der Waals surface area contributed by atoms with Gasteiger partial charge in [-0.1, -0.05) is 47.6 Å². The van der Waals surface area contributed by atoms with Gasteiger partial charge in [0.25, 0.3) is 15.9 Å². The molecule has 0 spiro atoms. The number of fused-ring (bicyclic) bond motifs is 1. The normalized spacial score (nSPS) is 11.9. The van der Waals surface area contributed by atoms with E-state index in [4.69, 9.17) is 6.42 Å². The highest BCUT2D eigenvalue weighted by Crippen LogP contribution is 2.20. The molecule has 0 fully saturated rings. The number of aryl methyl sites for hydroxylation is 1. The number of thiazole rings is 1. The molecule has 0 bridgehead atoms. The lowest BCUT2D eigenvalue weighted by atomic mass is 10.2. The van der Waals surface area contributed by atoms with Crippen molar-refractivity contribution in [1.82, 2.24) is 4.57 Å². The number of anilines is 1. The maximum atomic E-state index is 12.9. The minimum atomic E-state index is -3.77. The SMILES string of the molecule is C#CCn1c(=NC(=O)c2cccc(NS(=O)(=O)c3ccccc3)c2)sc2cc(C)ccc21. The van der Waals surface area contributed by atoms with Gasteiger partial charge in [0.05, 0.1) is 21.7 Å². The average Bonchev–Trinajstić information content (AvgIpc) is 3.10. The Labute approximate surface area is 189 Å². The third-order valence-corrected chi connectivity index (χ3v) is 7.14. The van der Waals surface area contributed by atoms with Gasteiger partial charge in [-0.3, -0.25) is 9.52 Å². The Balaban J connectivity index is 1.69. The van der Waals surface area contributed by atoms with Crippen LogP contribution < -0.4 is 9.52 Å². The highest BCUT2D eigenvalue weighted by Gasteiger charge is 2.15. The van der Waals surface area contributed by atoms with Gasteiger partial charge in [-0.05, 0) is 55.0 Å². The van der Waals surface area contributed by atoms with Crippen molar-refractivity contribution in [3.63, 3.8) is 0 Å². The van der Waals surface area contributed by atoms with Crippen LogP contribution in [0.2, 0.25) is 0 Å². The smallest absolute Gasteiger partial charge is 0.279 e. The topological polar surface area (TPSA) is 80.5 Å². The molecule has 0 unspecified atom stereocenters. The van der Waals surface area contributed by atoms with E-state index in [9.17, 15) is 13.2 Å². The summed E-state index contributed by atoms with van der Waals surface area (Å²) >= 11 is 1.38. The van der Waals surface area contributed by atoms with Gasteiger partial charge < -0.3 is 4.57 Å². The second kappa shape index (κ2) is 8.83. The lowest BCUT2D eigenvalue weighted by Gasteiger charge is -2.08. The highest BCUT2D eigenvalue weighted by atomic mass is 32.2. The molecule has 0 saturated heterocycles. The zero-order chi connectivity index (χ0) is 22.7. The van der Waals surface area contributed by atoms with Gasteiger partial charge in [0.15, 0.2) is 4.80 Å². The van der Waals surface area contributed by atoms with E-state index in [1.54, 1.807) is 36.4 Å². The number of benzene rings is 3. The van der Waals surface area contributed by atoms with Crippen LogP contribution in [0.25, 0.3) is 10.2 Å². The second-order valence-corrected chi connectivity index (χ2v) is 9.75. The van der Waals surface area contributed by atoms with Crippen LogP contribution >= 0.6 is 11.3 Å². The number of hydrogen-bond acceptors (Lipinski definition) is 4. The Hall–Kier alpha value is -3.67. The summed E-state index contributed by atoms with van der Waals surface area (Å²) in [7, 11) is -3.77. The minimum absolute atomic E-state index is 0.136. The Morgan fingerprint density at radius 2 is 1.88 bits per heavy atom. The van der Waals surface area contributed by atoms with Crippen LogP contribution in [0.1, 0.15) is 15.9 Å². The number of carbonyl (C=O) groups excluding carboxylic acids is 1. The van der Waals surface area contributed by atoms with Crippen molar-refractivity contribution in [2.75, 3.05) is 4.72 Å². The summed E-state index contributed by atoms with van der Waals surface area (Å²) in [6, 6.07) is 20.2. The molecule has 4 rings (SSSR count). The molecular formula is C24H19N3O3S2. The Bertz CT molecular complexity index is 1530. The minimum Gasteiger partial charge on any atom is -0.305 e. The van der Waals surface area contributed by atoms with Crippen molar-refractivity contribution < 1.29 is 13.2 Å². The lowest BCUT2D eigenvalue weighted by molar-refractivity contribution is 0.0998. The quantitative estimate of drug-likeness (QED) is 0.453. The zero-order valence-corrected chi connectivity index (χ0v) is 18.8. The van der Waals surface area contributed by atoms with Crippen molar-refractivity contribution in [3.8, 4) is 12.3 Å². The third kappa shape index (κ3) is 4.49. The maximum Gasteiger partial charge on any atom is 0.279 e. The number of carbonyl (C=O) groups is 1. The predicted molar refractivity (Wildman–Crippen MR) is 127 cm³/mol. The van der Waals surface area contributed by atoms with E-state index < -0.39 is 15.9 Å². The fourth-order valence-electron chi connectivity index (χ4n) is 3.19. The van der Waals surface area contributed by atoms with Crippen LogP contribution in [0.15, 0.2) is 82.7 Å². The summed E-state index contributed by atoms with van der Waals surface area (Å²) in [6.07, 6.45) is 5.52. The molecule has 1 N–H and O–H groups in total. The molecule has 160 valence electrons. The van der Waals surface area contributed by atoms with Crippen molar-refractivity contribution in [1.29, 1.82) is 0 Å². The van der Waals surface area contributed by atoms with E-state index in [1.165, 1.54) is 29.5 Å². The van der Waals surface area contributed by atoms with Crippen LogP contribution in [0.3, 0.4) is 0 Å². The van der Waals surface area contributed by atoms with Gasteiger partial charge in [0, 0.05) is 11.3 Å². The first-order valence-corrected chi connectivity index (χ1v) is 12.0. The van der Waals surface area contributed by atoms with Gasteiger partial charge in [-0.15, -0.1) is 6.42 Å². The van der Waals surface area contributed by atoms with Crippen LogP contribution in [0.5, 0.6) is 0 Å². The summed E-state index contributed by atoms with van der Waals surface area (Å²) < 4.78 is 30.5. The van der Waals surface area contributed by atoms with Gasteiger partial charge in [-0.25, -0.2) is 8.42 Å². The fourth-order valence-corrected chi connectivity index (χ4v) is 5.39. The van der Waals surface area contributed by atoms with Crippen molar-refractivity contribution in [2.24, 2.45) is 4.99 Å². The highest BCUT2D eigenvalue weighted by molar-refractivity contribution is 7.92. The predicted octanol–water partition coefficient (Wildman–Crippen LogP) is 4.19. The van der Waals surface area contributed by atoms with E-state index in [0.717, 1.165) is 15.8 Å². The number of rotatable bonds is 5. The zero-order valence-electron chi connectivity index (χ0n) is 17.1. The molecule has 0 saturated carbocycles. The van der Waals surface area contributed by atoms with Gasteiger partial charge in [-0.2, -0.15) is 4.99 Å². The number of terminal acetylenes is 1. The summed E-state index contributed by atoms with van der Waals surface area (Å²) in [6.45, 7) is 2.28. The Kier molecular flexibility index (Phi) is 5.95. The first-order chi connectivity index (χ1) is 15.4. The largest absolute Gasteiger partial charge is 0.305 e. The molecule has 3 aromatic carbocycles. The Morgan fingerprint density at radius 3 is 2.62 bits per heavy atom. The molecule has 0 aliphatic carbocycles. The number of hydrogen-bond donors (Lipinski definition) is 1. The molecular weight excluding hydrogens is 442 g/mol. The van der Waals surface area contributed by atoms with Gasteiger partial charge in [0.1, 0.15) is 0 Å². The first-order valence-electron chi connectivity index (χ1n) is 9.68. The molecule has 0 aliphatic rings. The standard InChI is InChI=1S/C24H19N3O3S2/c1-3-14-27-21-13-12-17(2)15-22(21)31-24(27)25-23(28)18-8-7-9-19(16-18)26-32(29,30)20-10-5-4-6-11-20/h1,4-13,15-16,26H,14H2,2H3. The van der Waals surface area contributed by atoms with E-state index in [-0.39, 0.29) is 22.7 Å². The molecule has 1 amide bonds. The summed E-state index contributed by atoms with van der Waals surface area (Å²) in [4.78, 5) is 17.8. The van der Waals surface area contributed by atoms with Crippen LogP contribution in [-0.4, -0.2) is 18.9 Å².